The third-order valence-corrected chi connectivity index (χ3v) is 12.9. The number of amides is 4. The molecule has 5 aliphatic rings. The second kappa shape index (κ2) is 11.2. The minimum atomic E-state index is -2.64. The van der Waals surface area contributed by atoms with Crippen molar-refractivity contribution < 1.29 is 46.2 Å². The number of anilines is 1. The Kier molecular flexibility index (Phi) is 7.44. The zero-order valence-electron chi connectivity index (χ0n) is 26.0. The third kappa shape index (κ3) is 4.09. The van der Waals surface area contributed by atoms with Gasteiger partial charge in [0.2, 0.25) is 17.6 Å². The number of hydrogen-bond donors (Lipinski definition) is 1. The zero-order valence-corrected chi connectivity index (χ0v) is 27.5. The van der Waals surface area contributed by atoms with Crippen LogP contribution >= 0.6 is 23.2 Å². The van der Waals surface area contributed by atoms with Gasteiger partial charge >= 0.3 is 0 Å². The molecule has 0 unspecified atom stereocenters. The lowest BCUT2D eigenvalue weighted by Gasteiger charge is -2.51. The van der Waals surface area contributed by atoms with E-state index in [1.54, 1.807) is 30.3 Å². The summed E-state index contributed by atoms with van der Waals surface area (Å²) < 4.78 is 73.7. The monoisotopic (exact) mass is 732 g/mol. The Hall–Kier alpha value is -4.03. The Labute approximate surface area is 291 Å². The normalized spacial score (nSPS) is 31.3. The predicted octanol–water partition coefficient (Wildman–Crippen LogP) is 7.14. The molecule has 4 amide bonds. The van der Waals surface area contributed by atoms with Crippen molar-refractivity contribution in [2.75, 3.05) is 4.90 Å². The quantitative estimate of drug-likeness (QED) is 0.0772. The maximum Gasteiger partial charge on any atom is 0.258 e. The largest absolute Gasteiger partial charge is 0.507 e. The maximum atomic E-state index is 15.3. The van der Waals surface area contributed by atoms with Gasteiger partial charge in [0.1, 0.15) is 11.4 Å². The van der Waals surface area contributed by atoms with Gasteiger partial charge in [-0.3, -0.25) is 24.1 Å². The Morgan fingerprint density at radius 2 is 1.36 bits per heavy atom. The van der Waals surface area contributed by atoms with Crippen molar-refractivity contribution in [2.45, 2.75) is 66.7 Å². The van der Waals surface area contributed by atoms with Gasteiger partial charge in [-0.1, -0.05) is 61.2 Å². The molecule has 8 rings (SSSR count). The Morgan fingerprint density at radius 3 is 2.02 bits per heavy atom. The molecule has 1 N–H and O–H groups in total. The topological polar surface area (TPSA) is 95.0 Å². The van der Waals surface area contributed by atoms with Crippen LogP contribution in [0.5, 0.6) is 5.75 Å². The van der Waals surface area contributed by atoms with Crippen molar-refractivity contribution in [3.63, 3.8) is 0 Å². The molecule has 2 heterocycles. The molecule has 3 aromatic rings. The minimum absolute atomic E-state index is 0.0720. The fraction of sp³-hybridized carbons (Fsp3) is 0.389. The number of nitrogens with zero attached hydrogens (tertiary/aromatic N) is 2. The second-order valence-electron chi connectivity index (χ2n) is 13.8. The van der Waals surface area contributed by atoms with Gasteiger partial charge in [0.15, 0.2) is 33.0 Å². The number of hydrogen-bond acceptors (Lipinski definition) is 5. The number of likely N-dealkylation sites (tertiary alicyclic amines) is 1. The molecule has 2 saturated heterocycles. The number of carbonyl (C=O) groups excluding carboxylic acids is 4. The number of rotatable bonds is 3. The van der Waals surface area contributed by atoms with Crippen LogP contribution in [0.15, 0.2) is 48.0 Å². The molecule has 6 atom stereocenters. The summed E-state index contributed by atoms with van der Waals surface area (Å²) in [6, 6.07) is 8.91. The van der Waals surface area contributed by atoms with Crippen molar-refractivity contribution in [2.24, 2.45) is 17.8 Å². The van der Waals surface area contributed by atoms with E-state index in [9.17, 15) is 37.5 Å². The molecule has 260 valence electrons. The highest BCUT2D eigenvalue weighted by molar-refractivity contribution is 6.58. The first kappa shape index (κ1) is 33.1. The molecule has 3 aliphatic carbocycles. The van der Waals surface area contributed by atoms with E-state index < -0.39 is 92.3 Å². The molecule has 0 radical (unpaired) electrons. The minimum Gasteiger partial charge on any atom is -0.507 e. The summed E-state index contributed by atoms with van der Waals surface area (Å²) >= 11 is 14.5. The van der Waals surface area contributed by atoms with Gasteiger partial charge in [-0.05, 0) is 48.6 Å². The lowest BCUT2D eigenvalue weighted by atomic mass is 9.56. The van der Waals surface area contributed by atoms with Crippen LogP contribution in [0.1, 0.15) is 56.4 Å². The van der Waals surface area contributed by atoms with Crippen molar-refractivity contribution in [3.05, 3.63) is 82.7 Å². The van der Waals surface area contributed by atoms with Crippen LogP contribution in [0.25, 0.3) is 10.8 Å². The number of fused-ring (bicyclic) bond motifs is 5. The summed E-state index contributed by atoms with van der Waals surface area (Å²) in [4.78, 5) is 53.0. The predicted molar refractivity (Wildman–Crippen MR) is 171 cm³/mol. The number of phenolic OH excluding ortho intramolecular Hbond substituents is 1. The first-order valence-corrected chi connectivity index (χ1v) is 17.1. The van der Waals surface area contributed by atoms with E-state index in [1.165, 1.54) is 17.0 Å². The van der Waals surface area contributed by atoms with Crippen molar-refractivity contribution in [1.82, 2.24) is 4.90 Å². The van der Waals surface area contributed by atoms with Gasteiger partial charge in [0.05, 0.1) is 11.8 Å². The molecular weight excluding hydrogens is 706 g/mol. The molecule has 2 aliphatic heterocycles. The number of imide groups is 2. The van der Waals surface area contributed by atoms with Crippen LogP contribution in [-0.4, -0.2) is 49.4 Å². The molecule has 3 aromatic carbocycles. The maximum absolute atomic E-state index is 15.3. The Balaban J connectivity index is 1.35. The zero-order chi connectivity index (χ0) is 35.6. The summed E-state index contributed by atoms with van der Waals surface area (Å²) in [5.74, 6) is -20.5. The fourth-order valence-corrected chi connectivity index (χ4v) is 10.1. The van der Waals surface area contributed by atoms with Gasteiger partial charge in [-0.15, -0.1) is 23.2 Å². The first-order valence-electron chi connectivity index (χ1n) is 16.3. The molecule has 14 heteroatoms. The number of halogens is 7. The van der Waals surface area contributed by atoms with E-state index in [-0.39, 0.29) is 34.6 Å². The highest BCUT2D eigenvalue weighted by atomic mass is 35.5. The molecule has 50 heavy (non-hydrogen) atoms. The summed E-state index contributed by atoms with van der Waals surface area (Å²) in [6.07, 6.45) is 5.10. The summed E-state index contributed by atoms with van der Waals surface area (Å²) in [5, 5.41) is 11.4. The van der Waals surface area contributed by atoms with E-state index in [4.69, 9.17) is 23.2 Å². The van der Waals surface area contributed by atoms with Gasteiger partial charge in [0.25, 0.3) is 11.8 Å². The summed E-state index contributed by atoms with van der Waals surface area (Å²) in [6.45, 7) is 0. The van der Waals surface area contributed by atoms with E-state index in [0.29, 0.717) is 29.2 Å². The van der Waals surface area contributed by atoms with Crippen LogP contribution in [0.4, 0.5) is 27.6 Å². The highest BCUT2D eigenvalue weighted by Gasteiger charge is 2.77. The average molecular weight is 734 g/mol. The highest BCUT2D eigenvalue weighted by Crippen LogP contribution is 2.66. The van der Waals surface area contributed by atoms with Gasteiger partial charge in [-0.25, -0.2) is 26.9 Å². The first-order chi connectivity index (χ1) is 23.8. The number of carbonyl (C=O) groups is 4. The molecular formula is C36H27Cl2F5N2O5. The van der Waals surface area contributed by atoms with E-state index in [2.05, 4.69) is 0 Å². The number of phenols is 1. The van der Waals surface area contributed by atoms with Crippen LogP contribution in [0.3, 0.4) is 0 Å². The lowest BCUT2D eigenvalue weighted by Crippen LogP contribution is -2.60. The lowest BCUT2D eigenvalue weighted by molar-refractivity contribution is -0.143. The van der Waals surface area contributed by atoms with Gasteiger partial charge in [0, 0.05) is 17.3 Å². The number of allylic oxidation sites excluding steroid dienone is 2. The van der Waals surface area contributed by atoms with Gasteiger partial charge in [-0.2, -0.15) is 0 Å². The Morgan fingerprint density at radius 1 is 0.740 bits per heavy atom. The fourth-order valence-electron chi connectivity index (χ4n) is 9.19. The standard InChI is InChI=1S/C36H27Cl2F5N2O5/c37-35-14-21-19(10-11-20-23(21)32(48)44(31(20)47)15-6-2-1-3-7-15)24(18-12-13-22(46)17-9-5-4-8-16(17)18)36(35,38)34(50)45(33(35)49)30-28(42)26(40)25(39)27(41)29(30)43/h4-5,8-10,12-13,15,20-21,23-24,46H,1-3,6-7,11,14H2/t20-,21+,23-,24-,35+,36-/m0/s1. The summed E-state index contributed by atoms with van der Waals surface area (Å²) in [7, 11) is 0. The van der Waals surface area contributed by atoms with Crippen LogP contribution in [0.2, 0.25) is 0 Å². The van der Waals surface area contributed by atoms with Crippen molar-refractivity contribution in [3.8, 4) is 5.75 Å². The Bertz CT molecular complexity index is 2080. The molecule has 7 nitrogen and oxygen atoms in total. The van der Waals surface area contributed by atoms with Crippen molar-refractivity contribution >= 4 is 63.3 Å². The number of aromatic hydroxyl groups is 1. The summed E-state index contributed by atoms with van der Waals surface area (Å²) in [5.41, 5.74) is -1.22. The van der Waals surface area contributed by atoms with E-state index in [0.717, 1.165) is 19.3 Å². The SMILES string of the molecule is O=C1[C@H]2[C@H](CC=C3[C@H]2C[C@@]2(Cl)C(=O)N(c4c(F)c(F)c(F)c(F)c4F)C(=O)[C@@]2(Cl)[C@H]3c2ccc(O)c3ccccc23)C(=O)N1C1CCCCC1. The third-order valence-electron chi connectivity index (χ3n) is 11.4. The smallest absolute Gasteiger partial charge is 0.258 e. The molecule has 2 saturated carbocycles. The molecule has 0 bridgehead atoms. The van der Waals surface area contributed by atoms with Gasteiger partial charge < -0.3 is 5.11 Å². The van der Waals surface area contributed by atoms with E-state index in [1.807, 2.05) is 0 Å². The average Bonchev–Trinajstić information content (AvgIpc) is 3.45. The molecule has 0 spiro atoms. The number of benzene rings is 3. The van der Waals surface area contributed by atoms with E-state index >= 15 is 8.78 Å². The second-order valence-corrected chi connectivity index (χ2v) is 15.0. The molecule has 4 fully saturated rings. The van der Waals surface area contributed by atoms with Crippen LogP contribution < -0.4 is 4.90 Å². The van der Waals surface area contributed by atoms with Crippen LogP contribution in [0, 0.1) is 46.8 Å². The van der Waals surface area contributed by atoms with Crippen LogP contribution in [-0.2, 0) is 19.2 Å². The number of alkyl halides is 2. The molecule has 0 aromatic heterocycles. The van der Waals surface area contributed by atoms with Crippen molar-refractivity contribution in [1.29, 1.82) is 0 Å².